The number of rotatable bonds is 4. The molecule has 0 atom stereocenters. The van der Waals surface area contributed by atoms with Crippen molar-refractivity contribution in [2.45, 2.75) is 25.2 Å². The Kier molecular flexibility index (Phi) is 3.69. The molecule has 2 aromatic carbocycles. The van der Waals surface area contributed by atoms with E-state index in [1.54, 1.807) is 0 Å². The summed E-state index contributed by atoms with van der Waals surface area (Å²) in [4.78, 5) is 0. The number of para-hydroxylation sites is 1. The van der Waals surface area contributed by atoms with E-state index in [4.69, 9.17) is 16.3 Å². The fourth-order valence-electron chi connectivity index (χ4n) is 3.58. The van der Waals surface area contributed by atoms with Crippen LogP contribution in [0.15, 0.2) is 66.9 Å². The predicted molar refractivity (Wildman–Crippen MR) is 106 cm³/mol. The number of nitrogens with zero attached hydrogens (tertiary/aromatic N) is 3. The second-order valence-electron chi connectivity index (χ2n) is 7.07. The Morgan fingerprint density at radius 1 is 0.926 bits per heavy atom. The van der Waals surface area contributed by atoms with Crippen LogP contribution in [0.25, 0.3) is 5.65 Å². The largest absolute Gasteiger partial charge is 0.452 e. The van der Waals surface area contributed by atoms with Crippen molar-refractivity contribution in [3.63, 3.8) is 0 Å². The lowest BCUT2D eigenvalue weighted by Crippen LogP contribution is -2.13. The van der Waals surface area contributed by atoms with Gasteiger partial charge in [-0.05, 0) is 49.6 Å². The number of fused-ring (bicyclic) bond motifs is 1. The maximum Gasteiger partial charge on any atom is 0.203 e. The number of hydrogen-bond acceptors (Lipinski definition) is 3. The average Bonchev–Trinajstić information content (AvgIpc) is 3.36. The molecule has 0 amide bonds. The highest BCUT2D eigenvalue weighted by Gasteiger charge is 2.49. The summed E-state index contributed by atoms with van der Waals surface area (Å²) < 4.78 is 8.08. The normalized spacial score (nSPS) is 15.0. The Morgan fingerprint density at radius 3 is 2.41 bits per heavy atom. The zero-order valence-electron chi connectivity index (χ0n) is 14.9. The Morgan fingerprint density at radius 2 is 1.67 bits per heavy atom. The Hall–Kier alpha value is -2.85. The minimum atomic E-state index is -0.0594. The first-order valence-corrected chi connectivity index (χ1v) is 9.39. The van der Waals surface area contributed by atoms with E-state index in [-0.39, 0.29) is 5.41 Å². The summed E-state index contributed by atoms with van der Waals surface area (Å²) in [7, 11) is 0. The van der Waals surface area contributed by atoms with Crippen molar-refractivity contribution in [2.75, 3.05) is 0 Å². The fraction of sp³-hybridized carbons (Fsp3) is 0.182. The van der Waals surface area contributed by atoms with Crippen molar-refractivity contribution in [3.8, 4) is 11.5 Å². The molecule has 134 valence electrons. The minimum Gasteiger partial charge on any atom is -0.452 e. The van der Waals surface area contributed by atoms with E-state index in [0.717, 1.165) is 18.7 Å². The average molecular weight is 376 g/mol. The van der Waals surface area contributed by atoms with Gasteiger partial charge in [-0.1, -0.05) is 53.6 Å². The fourth-order valence-corrected chi connectivity index (χ4v) is 3.76. The quantitative estimate of drug-likeness (QED) is 0.468. The molecular formula is C22H18ClN3O. The molecule has 0 saturated heterocycles. The van der Waals surface area contributed by atoms with Crippen LogP contribution < -0.4 is 4.74 Å². The molecule has 27 heavy (non-hydrogen) atoms. The molecule has 5 heteroatoms. The van der Waals surface area contributed by atoms with Gasteiger partial charge >= 0.3 is 0 Å². The topological polar surface area (TPSA) is 39.4 Å². The molecule has 4 aromatic rings. The Balaban J connectivity index is 1.58. The number of aromatic nitrogens is 3. The van der Waals surface area contributed by atoms with Crippen LogP contribution in [-0.2, 0) is 5.41 Å². The van der Waals surface area contributed by atoms with Crippen molar-refractivity contribution < 1.29 is 4.74 Å². The molecule has 0 unspecified atom stereocenters. The summed E-state index contributed by atoms with van der Waals surface area (Å²) in [6.07, 6.45) is 4.15. The van der Waals surface area contributed by atoms with Gasteiger partial charge in [-0.25, -0.2) is 0 Å². The molecule has 2 aromatic heterocycles. The van der Waals surface area contributed by atoms with Crippen molar-refractivity contribution in [1.29, 1.82) is 0 Å². The summed E-state index contributed by atoms with van der Waals surface area (Å²) in [5.41, 5.74) is 3.19. The number of aryl methyl sites for hydroxylation is 1. The molecule has 1 fully saturated rings. The van der Waals surface area contributed by atoms with Gasteiger partial charge in [-0.2, -0.15) is 0 Å². The first-order valence-electron chi connectivity index (χ1n) is 9.01. The molecule has 0 radical (unpaired) electrons. The summed E-state index contributed by atoms with van der Waals surface area (Å²) in [5.74, 6) is 2.21. The molecule has 0 spiro atoms. The maximum absolute atomic E-state index is 6.24. The van der Waals surface area contributed by atoms with Gasteiger partial charge in [-0.15, -0.1) is 10.2 Å². The third-order valence-corrected chi connectivity index (χ3v) is 5.55. The molecule has 4 nitrogen and oxygen atoms in total. The van der Waals surface area contributed by atoms with Crippen LogP contribution >= 0.6 is 11.6 Å². The van der Waals surface area contributed by atoms with Crippen LogP contribution in [0.4, 0.5) is 0 Å². The second kappa shape index (κ2) is 6.10. The highest BCUT2D eigenvalue weighted by atomic mass is 35.5. The summed E-state index contributed by atoms with van der Waals surface area (Å²) in [6.45, 7) is 2.11. The number of hydrogen-bond donors (Lipinski definition) is 0. The van der Waals surface area contributed by atoms with Gasteiger partial charge < -0.3 is 4.74 Å². The molecule has 0 bridgehead atoms. The summed E-state index contributed by atoms with van der Waals surface area (Å²) in [5, 5.41) is 9.56. The summed E-state index contributed by atoms with van der Waals surface area (Å²) >= 11 is 6.24. The van der Waals surface area contributed by atoms with Crippen LogP contribution in [0.2, 0.25) is 5.02 Å². The molecular weight excluding hydrogens is 358 g/mol. The molecule has 0 aliphatic heterocycles. The lowest BCUT2D eigenvalue weighted by molar-refractivity contribution is 0.484. The van der Waals surface area contributed by atoms with E-state index in [1.165, 1.54) is 11.1 Å². The van der Waals surface area contributed by atoms with Gasteiger partial charge in [0.25, 0.3) is 0 Å². The maximum atomic E-state index is 6.24. The van der Waals surface area contributed by atoms with E-state index >= 15 is 0 Å². The molecule has 1 saturated carbocycles. The molecule has 2 heterocycles. The standard InChI is InChI=1S/C22H18ClN3O/c1-15-8-10-16(11-9-15)22(12-13-22)21-25-24-20-19(7-4-14-26(20)21)27-18-6-3-2-5-17(18)23/h2-11,14H,12-13H2,1H3. The van der Waals surface area contributed by atoms with E-state index in [1.807, 2.05) is 47.0 Å². The smallest absolute Gasteiger partial charge is 0.203 e. The SMILES string of the molecule is Cc1ccc(C2(c3nnc4c(Oc5ccccc5Cl)cccn34)CC2)cc1. The van der Waals surface area contributed by atoms with Gasteiger partial charge in [0.1, 0.15) is 11.6 Å². The molecule has 1 aliphatic carbocycles. The first-order chi connectivity index (χ1) is 13.2. The highest BCUT2D eigenvalue weighted by Crippen LogP contribution is 2.53. The van der Waals surface area contributed by atoms with E-state index in [9.17, 15) is 0 Å². The first kappa shape index (κ1) is 16.3. The highest BCUT2D eigenvalue weighted by molar-refractivity contribution is 6.32. The van der Waals surface area contributed by atoms with Crippen molar-refractivity contribution >= 4 is 17.2 Å². The zero-order valence-corrected chi connectivity index (χ0v) is 15.6. The van der Waals surface area contributed by atoms with E-state index < -0.39 is 0 Å². The lowest BCUT2D eigenvalue weighted by atomic mass is 9.94. The minimum absolute atomic E-state index is 0.0594. The van der Waals surface area contributed by atoms with Crippen LogP contribution in [0.1, 0.15) is 29.8 Å². The Labute approximate surface area is 162 Å². The van der Waals surface area contributed by atoms with Crippen LogP contribution in [0.5, 0.6) is 11.5 Å². The summed E-state index contributed by atoms with van der Waals surface area (Å²) in [6, 6.07) is 20.0. The number of pyridine rings is 1. The van der Waals surface area contributed by atoms with E-state index in [0.29, 0.717) is 22.2 Å². The van der Waals surface area contributed by atoms with Crippen LogP contribution in [0.3, 0.4) is 0 Å². The molecule has 5 rings (SSSR count). The third kappa shape index (κ3) is 2.68. The van der Waals surface area contributed by atoms with Gasteiger partial charge in [0, 0.05) is 6.20 Å². The van der Waals surface area contributed by atoms with Crippen molar-refractivity contribution in [2.24, 2.45) is 0 Å². The van der Waals surface area contributed by atoms with Crippen molar-refractivity contribution in [1.82, 2.24) is 14.6 Å². The third-order valence-electron chi connectivity index (χ3n) is 5.24. The van der Waals surface area contributed by atoms with Gasteiger partial charge in [0.15, 0.2) is 5.75 Å². The van der Waals surface area contributed by atoms with Gasteiger partial charge in [-0.3, -0.25) is 4.40 Å². The van der Waals surface area contributed by atoms with Gasteiger partial charge in [0.2, 0.25) is 5.65 Å². The predicted octanol–water partition coefficient (Wildman–Crippen LogP) is 5.56. The van der Waals surface area contributed by atoms with Gasteiger partial charge in [0.05, 0.1) is 10.4 Å². The monoisotopic (exact) mass is 375 g/mol. The molecule has 0 N–H and O–H groups in total. The second-order valence-corrected chi connectivity index (χ2v) is 7.48. The number of benzene rings is 2. The Bertz CT molecular complexity index is 1130. The number of halogens is 1. The zero-order chi connectivity index (χ0) is 18.4. The van der Waals surface area contributed by atoms with Crippen LogP contribution in [0, 0.1) is 6.92 Å². The van der Waals surface area contributed by atoms with Crippen molar-refractivity contribution in [3.05, 3.63) is 88.8 Å². The van der Waals surface area contributed by atoms with Crippen LogP contribution in [-0.4, -0.2) is 14.6 Å². The van der Waals surface area contributed by atoms with E-state index in [2.05, 4.69) is 41.4 Å². The number of ether oxygens (including phenoxy) is 1. The molecule has 1 aliphatic rings. The lowest BCUT2D eigenvalue weighted by Gasteiger charge is -2.15.